The van der Waals surface area contributed by atoms with Crippen molar-refractivity contribution in [3.63, 3.8) is 0 Å². The number of nitrogen functional groups attached to an aromatic ring is 1. The first-order valence-electron chi connectivity index (χ1n) is 7.36. The third kappa shape index (κ3) is 2.19. The van der Waals surface area contributed by atoms with Gasteiger partial charge in [0.1, 0.15) is 5.82 Å². The first-order valence-corrected chi connectivity index (χ1v) is 8.24. The third-order valence-corrected chi connectivity index (χ3v) is 5.05. The largest absolute Gasteiger partial charge is 0.384 e. The van der Waals surface area contributed by atoms with Gasteiger partial charge < -0.3 is 5.73 Å². The van der Waals surface area contributed by atoms with Gasteiger partial charge in [0.15, 0.2) is 5.65 Å². The highest BCUT2D eigenvalue weighted by Gasteiger charge is 2.20. The zero-order valence-electron chi connectivity index (χ0n) is 11.7. The Bertz CT molecular complexity index is 756. The molecular weight excluding hydrogens is 282 g/mol. The van der Waals surface area contributed by atoms with Crippen molar-refractivity contribution in [3.8, 4) is 10.4 Å². The van der Waals surface area contributed by atoms with Gasteiger partial charge in [0.2, 0.25) is 0 Å². The van der Waals surface area contributed by atoms with Crippen LogP contribution in [0.5, 0.6) is 0 Å². The van der Waals surface area contributed by atoms with Crippen LogP contribution in [0.1, 0.15) is 43.7 Å². The minimum Gasteiger partial charge on any atom is -0.384 e. The van der Waals surface area contributed by atoms with Crippen LogP contribution in [0.4, 0.5) is 5.82 Å². The van der Waals surface area contributed by atoms with E-state index in [0.717, 1.165) is 21.8 Å². The van der Waals surface area contributed by atoms with Gasteiger partial charge in [-0.05, 0) is 12.8 Å². The Morgan fingerprint density at radius 1 is 1.19 bits per heavy atom. The quantitative estimate of drug-likeness (QED) is 0.786. The normalized spacial score (nSPS) is 16.6. The number of aromatic nitrogens is 4. The van der Waals surface area contributed by atoms with Crippen molar-refractivity contribution in [1.82, 2.24) is 19.6 Å². The molecule has 1 aliphatic rings. The van der Waals surface area contributed by atoms with Crippen LogP contribution in [0, 0.1) is 0 Å². The molecule has 0 amide bonds. The Kier molecular flexibility index (Phi) is 3.11. The summed E-state index contributed by atoms with van der Waals surface area (Å²) in [4.78, 5) is 10.1. The van der Waals surface area contributed by atoms with E-state index in [1.165, 1.54) is 32.1 Å². The van der Waals surface area contributed by atoms with Crippen molar-refractivity contribution >= 4 is 22.8 Å². The second-order valence-electron chi connectivity index (χ2n) is 5.60. The molecule has 5 nitrogen and oxygen atoms in total. The van der Waals surface area contributed by atoms with Gasteiger partial charge in [-0.15, -0.1) is 11.3 Å². The molecule has 1 saturated carbocycles. The van der Waals surface area contributed by atoms with Crippen molar-refractivity contribution in [1.29, 1.82) is 0 Å². The summed E-state index contributed by atoms with van der Waals surface area (Å²) in [6.07, 6.45) is 10.0. The van der Waals surface area contributed by atoms with Gasteiger partial charge in [-0.2, -0.15) is 9.61 Å². The molecule has 0 spiro atoms. The SMILES string of the molecule is Nc1cc(C2CCCCC2)nc2c(-c3cncs3)cnn12. The van der Waals surface area contributed by atoms with Gasteiger partial charge >= 0.3 is 0 Å². The predicted molar refractivity (Wildman–Crippen MR) is 84.3 cm³/mol. The summed E-state index contributed by atoms with van der Waals surface area (Å²) in [6, 6.07) is 1.99. The van der Waals surface area contributed by atoms with Crippen LogP contribution in [-0.2, 0) is 0 Å². The van der Waals surface area contributed by atoms with E-state index in [4.69, 9.17) is 10.7 Å². The molecule has 3 aromatic heterocycles. The van der Waals surface area contributed by atoms with E-state index in [1.807, 2.05) is 24.0 Å². The molecule has 3 heterocycles. The monoisotopic (exact) mass is 299 g/mol. The Morgan fingerprint density at radius 2 is 2.05 bits per heavy atom. The zero-order chi connectivity index (χ0) is 14.2. The van der Waals surface area contributed by atoms with Gasteiger partial charge in [0.25, 0.3) is 0 Å². The van der Waals surface area contributed by atoms with Gasteiger partial charge in [-0.3, -0.25) is 4.98 Å². The molecule has 0 aliphatic heterocycles. The molecular formula is C15H17N5S. The Labute approximate surface area is 126 Å². The third-order valence-electron chi connectivity index (χ3n) is 4.24. The minimum atomic E-state index is 0.537. The molecule has 0 saturated heterocycles. The average Bonchev–Trinajstić information content (AvgIpc) is 3.16. The molecule has 6 heteroatoms. The number of nitrogens with two attached hydrogens (primary N) is 1. The maximum Gasteiger partial charge on any atom is 0.166 e. The Balaban J connectivity index is 1.85. The van der Waals surface area contributed by atoms with Gasteiger partial charge in [-0.1, -0.05) is 19.3 Å². The van der Waals surface area contributed by atoms with E-state index in [-0.39, 0.29) is 0 Å². The Hall–Kier alpha value is -1.95. The molecule has 0 unspecified atom stereocenters. The smallest absolute Gasteiger partial charge is 0.166 e. The Morgan fingerprint density at radius 3 is 2.81 bits per heavy atom. The standard InChI is InChI=1S/C15H17N5S/c16-14-6-12(10-4-2-1-3-5-10)19-15-11(7-18-20(14)15)13-8-17-9-21-13/h6-10H,1-5,16H2. The summed E-state index contributed by atoms with van der Waals surface area (Å²) in [5.74, 6) is 1.20. The molecule has 3 aromatic rings. The van der Waals surface area contributed by atoms with Crippen LogP contribution in [0.2, 0.25) is 0 Å². The van der Waals surface area contributed by atoms with E-state index in [2.05, 4.69) is 10.1 Å². The zero-order valence-corrected chi connectivity index (χ0v) is 12.5. The van der Waals surface area contributed by atoms with E-state index in [1.54, 1.807) is 15.9 Å². The number of hydrogen-bond acceptors (Lipinski definition) is 5. The fourth-order valence-corrected chi connectivity index (χ4v) is 3.76. The second-order valence-corrected chi connectivity index (χ2v) is 6.49. The number of nitrogens with zero attached hydrogens (tertiary/aromatic N) is 4. The van der Waals surface area contributed by atoms with E-state index in [9.17, 15) is 0 Å². The van der Waals surface area contributed by atoms with Crippen LogP contribution in [0.25, 0.3) is 16.1 Å². The first-order chi connectivity index (χ1) is 10.3. The topological polar surface area (TPSA) is 69.1 Å². The molecule has 0 atom stereocenters. The summed E-state index contributed by atoms with van der Waals surface area (Å²) in [6.45, 7) is 0. The summed E-state index contributed by atoms with van der Waals surface area (Å²) < 4.78 is 1.72. The number of hydrogen-bond donors (Lipinski definition) is 1. The molecule has 1 fully saturated rings. The van der Waals surface area contributed by atoms with Crippen molar-refractivity contribution in [2.45, 2.75) is 38.0 Å². The van der Waals surface area contributed by atoms with E-state index < -0.39 is 0 Å². The summed E-state index contributed by atoms with van der Waals surface area (Å²) >= 11 is 1.60. The lowest BCUT2D eigenvalue weighted by atomic mass is 9.87. The molecule has 0 radical (unpaired) electrons. The van der Waals surface area contributed by atoms with Crippen LogP contribution in [0.3, 0.4) is 0 Å². The van der Waals surface area contributed by atoms with E-state index in [0.29, 0.717) is 11.7 Å². The first kappa shape index (κ1) is 12.8. The lowest BCUT2D eigenvalue weighted by Gasteiger charge is -2.21. The molecule has 0 aromatic carbocycles. The minimum absolute atomic E-state index is 0.537. The predicted octanol–water partition coefficient (Wildman–Crippen LogP) is 3.48. The van der Waals surface area contributed by atoms with Crippen molar-refractivity contribution < 1.29 is 0 Å². The van der Waals surface area contributed by atoms with Gasteiger partial charge in [0, 0.05) is 23.9 Å². The van der Waals surface area contributed by atoms with Crippen molar-refractivity contribution in [3.05, 3.63) is 29.7 Å². The molecule has 2 N–H and O–H groups in total. The van der Waals surface area contributed by atoms with Crippen molar-refractivity contribution in [2.75, 3.05) is 5.73 Å². The number of anilines is 1. The summed E-state index contributed by atoms with van der Waals surface area (Å²) in [5.41, 5.74) is 11.0. The van der Waals surface area contributed by atoms with Crippen LogP contribution in [-0.4, -0.2) is 19.6 Å². The summed E-state index contributed by atoms with van der Waals surface area (Å²) in [5, 5.41) is 4.37. The molecule has 108 valence electrons. The highest BCUT2D eigenvalue weighted by atomic mass is 32.1. The molecule has 4 rings (SSSR count). The average molecular weight is 299 g/mol. The lowest BCUT2D eigenvalue weighted by Crippen LogP contribution is -2.10. The lowest BCUT2D eigenvalue weighted by molar-refractivity contribution is 0.437. The fraction of sp³-hybridized carbons (Fsp3) is 0.400. The highest BCUT2D eigenvalue weighted by Crippen LogP contribution is 2.34. The summed E-state index contributed by atoms with van der Waals surface area (Å²) in [7, 11) is 0. The highest BCUT2D eigenvalue weighted by molar-refractivity contribution is 7.13. The van der Waals surface area contributed by atoms with Crippen LogP contribution < -0.4 is 5.73 Å². The molecule has 21 heavy (non-hydrogen) atoms. The number of fused-ring (bicyclic) bond motifs is 1. The number of rotatable bonds is 2. The maximum atomic E-state index is 6.18. The van der Waals surface area contributed by atoms with Crippen LogP contribution in [0.15, 0.2) is 24.0 Å². The second kappa shape index (κ2) is 5.11. The fourth-order valence-electron chi connectivity index (χ4n) is 3.14. The van der Waals surface area contributed by atoms with Crippen LogP contribution >= 0.6 is 11.3 Å². The molecule has 0 bridgehead atoms. The van der Waals surface area contributed by atoms with E-state index >= 15 is 0 Å². The maximum absolute atomic E-state index is 6.18. The van der Waals surface area contributed by atoms with Gasteiger partial charge in [-0.25, -0.2) is 4.98 Å². The van der Waals surface area contributed by atoms with Crippen molar-refractivity contribution in [2.24, 2.45) is 0 Å². The molecule has 1 aliphatic carbocycles. The number of thiazole rings is 1. The van der Waals surface area contributed by atoms with Gasteiger partial charge in [0.05, 0.1) is 22.1 Å².